The van der Waals surface area contributed by atoms with Gasteiger partial charge >= 0.3 is 0 Å². The topological polar surface area (TPSA) is 121 Å². The van der Waals surface area contributed by atoms with Crippen molar-refractivity contribution < 1.29 is 19.0 Å². The lowest BCUT2D eigenvalue weighted by Gasteiger charge is -2.07. The highest BCUT2D eigenvalue weighted by Gasteiger charge is 2.08. The van der Waals surface area contributed by atoms with Crippen molar-refractivity contribution in [2.24, 2.45) is 4.99 Å². The van der Waals surface area contributed by atoms with Crippen molar-refractivity contribution in [1.29, 1.82) is 0 Å². The average Bonchev–Trinajstić information content (AvgIpc) is 3.35. The Labute approximate surface area is 202 Å². The smallest absolute Gasteiger partial charge is 0.259 e. The molecule has 0 aliphatic heterocycles. The summed E-state index contributed by atoms with van der Waals surface area (Å²) in [5.41, 5.74) is 1.14. The predicted molar refractivity (Wildman–Crippen MR) is 133 cm³/mol. The molecule has 2 N–H and O–H groups in total. The van der Waals surface area contributed by atoms with Gasteiger partial charge in [0.1, 0.15) is 17.3 Å². The molecule has 0 saturated carbocycles. The van der Waals surface area contributed by atoms with Crippen molar-refractivity contribution in [3.63, 3.8) is 0 Å². The van der Waals surface area contributed by atoms with Crippen LogP contribution in [0, 0.1) is 10.1 Å². The van der Waals surface area contributed by atoms with E-state index in [1.165, 1.54) is 0 Å². The highest BCUT2D eigenvalue weighted by Crippen LogP contribution is 2.17. The zero-order valence-corrected chi connectivity index (χ0v) is 21.0. The molecular weight excluding hydrogens is 466 g/mol. The quantitative estimate of drug-likeness (QED) is 0.117. The Morgan fingerprint density at radius 3 is 2.64 bits per heavy atom. The Balaban J connectivity index is 1.64. The van der Waals surface area contributed by atoms with Crippen LogP contribution in [-0.2, 0) is 24.6 Å². The van der Waals surface area contributed by atoms with Crippen LogP contribution in [0.4, 0.5) is 0 Å². The standard InChI is InChI=1S/C21H33N5O5S2/c1-24(2)11-20-10-17(14-30-20)15-32-8-6-22-21(13-26(28)29)23-7-9-33-16-19-5-4-18(31-19)12-25(3)27/h4-5,10,14,27H,6-9,11-13,15-16H2,1-3H3,(H,22,23). The van der Waals surface area contributed by atoms with Gasteiger partial charge in [0, 0.05) is 41.3 Å². The Hall–Kier alpha value is -1.99. The molecule has 33 heavy (non-hydrogen) atoms. The Morgan fingerprint density at radius 1 is 1.15 bits per heavy atom. The number of aliphatic imine (C=N–C) groups is 1. The first-order valence-electron chi connectivity index (χ1n) is 10.5. The van der Waals surface area contributed by atoms with Crippen LogP contribution in [0.25, 0.3) is 0 Å². The lowest BCUT2D eigenvalue weighted by molar-refractivity contribution is -0.463. The van der Waals surface area contributed by atoms with Crippen LogP contribution in [0.5, 0.6) is 0 Å². The van der Waals surface area contributed by atoms with Crippen molar-refractivity contribution in [1.82, 2.24) is 15.3 Å². The van der Waals surface area contributed by atoms with E-state index in [0.717, 1.165) is 46.0 Å². The number of nitrogens with one attached hydrogen (secondary N) is 1. The summed E-state index contributed by atoms with van der Waals surface area (Å²) in [6, 6.07) is 5.79. The summed E-state index contributed by atoms with van der Waals surface area (Å²) in [5.74, 6) is 5.93. The van der Waals surface area contributed by atoms with Crippen LogP contribution < -0.4 is 5.32 Å². The van der Waals surface area contributed by atoms with Crippen molar-refractivity contribution in [3.8, 4) is 0 Å². The second-order valence-electron chi connectivity index (χ2n) is 7.69. The summed E-state index contributed by atoms with van der Waals surface area (Å²) < 4.78 is 11.2. The molecular formula is C21H33N5O5S2. The van der Waals surface area contributed by atoms with Gasteiger partial charge in [0.05, 0.1) is 31.7 Å². The summed E-state index contributed by atoms with van der Waals surface area (Å²) in [5, 5.41) is 24.3. The number of thioether (sulfide) groups is 2. The molecule has 0 atom stereocenters. The number of rotatable bonds is 16. The summed E-state index contributed by atoms with van der Waals surface area (Å²) >= 11 is 3.38. The highest BCUT2D eigenvalue weighted by atomic mass is 32.2. The summed E-state index contributed by atoms with van der Waals surface area (Å²) in [6.07, 6.45) is 1.78. The Morgan fingerprint density at radius 2 is 1.91 bits per heavy atom. The molecule has 10 nitrogen and oxygen atoms in total. The number of amidine groups is 1. The second-order valence-corrected chi connectivity index (χ2v) is 9.90. The minimum absolute atomic E-state index is 0.304. The van der Waals surface area contributed by atoms with E-state index in [2.05, 4.69) is 21.3 Å². The third kappa shape index (κ3) is 12.2. The van der Waals surface area contributed by atoms with Crippen LogP contribution >= 0.6 is 23.5 Å². The van der Waals surface area contributed by atoms with Gasteiger partial charge in [-0.15, -0.1) is 0 Å². The normalized spacial score (nSPS) is 12.1. The van der Waals surface area contributed by atoms with Gasteiger partial charge in [-0.2, -0.15) is 28.6 Å². The van der Waals surface area contributed by atoms with Gasteiger partial charge in [0.2, 0.25) is 0 Å². The molecule has 0 amide bonds. The molecule has 0 unspecified atom stereocenters. The van der Waals surface area contributed by atoms with Crippen molar-refractivity contribution in [2.75, 3.05) is 52.3 Å². The highest BCUT2D eigenvalue weighted by molar-refractivity contribution is 7.98. The van der Waals surface area contributed by atoms with Crippen LogP contribution in [0.15, 0.2) is 38.3 Å². The summed E-state index contributed by atoms with van der Waals surface area (Å²) in [7, 11) is 5.56. The van der Waals surface area contributed by atoms with E-state index in [-0.39, 0.29) is 11.5 Å². The van der Waals surface area contributed by atoms with Gasteiger partial charge in [0.15, 0.2) is 5.84 Å². The van der Waals surface area contributed by atoms with Crippen molar-refractivity contribution >= 4 is 29.4 Å². The maximum atomic E-state index is 10.9. The van der Waals surface area contributed by atoms with E-state index in [1.54, 1.807) is 36.8 Å². The van der Waals surface area contributed by atoms with E-state index >= 15 is 0 Å². The second kappa shape index (κ2) is 15.0. The number of hydrogen-bond acceptors (Lipinski definition) is 10. The minimum Gasteiger partial charge on any atom is -0.468 e. The number of hydroxylamine groups is 2. The van der Waals surface area contributed by atoms with Crippen LogP contribution in [0.3, 0.4) is 0 Å². The Kier molecular flexibility index (Phi) is 12.4. The molecule has 12 heteroatoms. The fourth-order valence-electron chi connectivity index (χ4n) is 2.87. The SMILES string of the molecule is CN(C)Cc1cc(CSCCNC(C[N+](=O)[O-])=NCCSCc2ccc(CN(C)O)o2)co1. The van der Waals surface area contributed by atoms with Crippen molar-refractivity contribution in [2.45, 2.75) is 24.6 Å². The molecule has 0 radical (unpaired) electrons. The Bertz CT molecular complexity index is 869. The van der Waals surface area contributed by atoms with Gasteiger partial charge in [0.25, 0.3) is 6.54 Å². The van der Waals surface area contributed by atoms with E-state index in [9.17, 15) is 15.3 Å². The maximum absolute atomic E-state index is 10.9. The summed E-state index contributed by atoms with van der Waals surface area (Å²) in [6.45, 7) is 1.91. The fraction of sp³-hybridized carbons (Fsp3) is 0.571. The average molecular weight is 500 g/mol. The van der Waals surface area contributed by atoms with Gasteiger partial charge in [-0.1, -0.05) is 0 Å². The molecule has 0 spiro atoms. The number of furan rings is 2. The van der Waals surface area contributed by atoms with Crippen LogP contribution in [0.2, 0.25) is 0 Å². The van der Waals surface area contributed by atoms with E-state index < -0.39 is 0 Å². The number of nitro groups is 1. The molecule has 0 aliphatic rings. The lowest BCUT2D eigenvalue weighted by atomic mass is 10.3. The minimum atomic E-state index is -0.369. The molecule has 2 rings (SSSR count). The molecule has 2 aromatic heterocycles. The van der Waals surface area contributed by atoms with Crippen LogP contribution in [0.1, 0.15) is 22.8 Å². The number of nitrogens with zero attached hydrogens (tertiary/aromatic N) is 4. The number of hydrogen-bond donors (Lipinski definition) is 2. The largest absolute Gasteiger partial charge is 0.468 e. The molecule has 2 heterocycles. The zero-order chi connectivity index (χ0) is 24.1. The third-order valence-corrected chi connectivity index (χ3v) is 6.18. The molecule has 0 saturated heterocycles. The first-order valence-corrected chi connectivity index (χ1v) is 12.9. The third-order valence-electron chi connectivity index (χ3n) is 4.19. The predicted octanol–water partition coefficient (Wildman–Crippen LogP) is 3.19. The molecule has 0 bridgehead atoms. The molecule has 0 fully saturated rings. The first kappa shape index (κ1) is 27.3. The zero-order valence-electron chi connectivity index (χ0n) is 19.4. The van der Waals surface area contributed by atoms with Gasteiger partial charge < -0.3 is 24.3 Å². The molecule has 0 aliphatic carbocycles. The maximum Gasteiger partial charge on any atom is 0.259 e. The lowest BCUT2D eigenvalue weighted by Crippen LogP contribution is -2.32. The first-order chi connectivity index (χ1) is 15.8. The summed E-state index contributed by atoms with van der Waals surface area (Å²) in [4.78, 5) is 17.0. The monoisotopic (exact) mass is 499 g/mol. The molecule has 2 aromatic rings. The van der Waals surface area contributed by atoms with E-state index in [4.69, 9.17) is 8.83 Å². The van der Waals surface area contributed by atoms with E-state index in [1.807, 2.05) is 26.2 Å². The fourth-order valence-corrected chi connectivity index (χ4v) is 4.37. The van der Waals surface area contributed by atoms with Crippen molar-refractivity contribution in [3.05, 3.63) is 57.4 Å². The van der Waals surface area contributed by atoms with Crippen LogP contribution in [-0.4, -0.2) is 78.2 Å². The van der Waals surface area contributed by atoms with E-state index in [0.29, 0.717) is 37.0 Å². The van der Waals surface area contributed by atoms with Gasteiger partial charge in [-0.25, -0.2) is 0 Å². The van der Waals surface area contributed by atoms with Gasteiger partial charge in [-0.05, 0) is 32.3 Å². The molecule has 0 aromatic carbocycles. The van der Waals surface area contributed by atoms with Gasteiger partial charge in [-0.3, -0.25) is 15.1 Å². The molecule has 184 valence electrons.